The second kappa shape index (κ2) is 6.83. The van der Waals surface area contributed by atoms with Crippen molar-refractivity contribution in [2.75, 3.05) is 20.0 Å². The zero-order valence-electron chi connectivity index (χ0n) is 12.0. The zero-order chi connectivity index (χ0) is 15.4. The van der Waals surface area contributed by atoms with Crippen molar-refractivity contribution in [1.29, 1.82) is 0 Å². The van der Waals surface area contributed by atoms with Gasteiger partial charge in [0.25, 0.3) is 0 Å². The molecule has 1 unspecified atom stereocenters. The fraction of sp³-hybridized carbons (Fsp3) is 0.250. The molecule has 0 aliphatic rings. The van der Waals surface area contributed by atoms with Crippen molar-refractivity contribution in [3.05, 3.63) is 52.0 Å². The van der Waals surface area contributed by atoms with Gasteiger partial charge in [-0.15, -0.1) is 0 Å². The van der Waals surface area contributed by atoms with Crippen molar-refractivity contribution in [3.8, 4) is 11.5 Å². The number of aliphatic hydroxyl groups is 1. The molecule has 0 amide bonds. The van der Waals surface area contributed by atoms with E-state index in [1.54, 1.807) is 26.4 Å². The van der Waals surface area contributed by atoms with Crippen LogP contribution in [0.25, 0.3) is 0 Å². The van der Waals surface area contributed by atoms with Crippen LogP contribution >= 0.6 is 15.9 Å². The van der Waals surface area contributed by atoms with Crippen LogP contribution in [0.3, 0.4) is 0 Å². The van der Waals surface area contributed by atoms with Gasteiger partial charge < -0.3 is 20.3 Å². The molecule has 0 radical (unpaired) electrons. The first kappa shape index (κ1) is 15.7. The number of para-hydroxylation sites is 1. The highest BCUT2D eigenvalue weighted by Crippen LogP contribution is 2.33. The third-order valence-corrected chi connectivity index (χ3v) is 3.83. The van der Waals surface area contributed by atoms with E-state index in [0.29, 0.717) is 23.4 Å². The lowest BCUT2D eigenvalue weighted by molar-refractivity contribution is 0.177. The highest BCUT2D eigenvalue weighted by atomic mass is 79.9. The molecule has 1 atom stereocenters. The summed E-state index contributed by atoms with van der Waals surface area (Å²) >= 11 is 3.43. The molecule has 0 bridgehead atoms. The van der Waals surface area contributed by atoms with E-state index in [1.807, 2.05) is 24.3 Å². The molecule has 0 saturated carbocycles. The average Bonchev–Trinajstić information content (AvgIpc) is 2.47. The third kappa shape index (κ3) is 3.49. The second-order valence-corrected chi connectivity index (χ2v) is 5.55. The van der Waals surface area contributed by atoms with Crippen molar-refractivity contribution < 1.29 is 14.6 Å². The van der Waals surface area contributed by atoms with Crippen LogP contribution in [-0.4, -0.2) is 19.3 Å². The predicted octanol–water partition coefficient (Wildman–Crippen LogP) is 3.32. The molecule has 0 aliphatic carbocycles. The predicted molar refractivity (Wildman–Crippen MR) is 86.8 cm³/mol. The number of halogens is 1. The average molecular weight is 352 g/mol. The summed E-state index contributed by atoms with van der Waals surface area (Å²) in [5, 5.41) is 10.5. The zero-order valence-corrected chi connectivity index (χ0v) is 13.6. The van der Waals surface area contributed by atoms with Crippen LogP contribution in [0.2, 0.25) is 0 Å². The van der Waals surface area contributed by atoms with Crippen LogP contribution in [0.1, 0.15) is 17.2 Å². The first-order valence-corrected chi connectivity index (χ1v) is 7.29. The summed E-state index contributed by atoms with van der Waals surface area (Å²) in [7, 11) is 3.16. The maximum atomic E-state index is 10.5. The molecule has 0 aromatic heterocycles. The maximum Gasteiger partial charge on any atom is 0.142 e. The maximum absolute atomic E-state index is 10.5. The van der Waals surface area contributed by atoms with E-state index in [-0.39, 0.29) is 0 Å². The highest BCUT2D eigenvalue weighted by molar-refractivity contribution is 9.10. The number of aliphatic hydroxyl groups excluding tert-OH is 1. The van der Waals surface area contributed by atoms with Crippen molar-refractivity contribution in [1.82, 2.24) is 0 Å². The number of hydrogen-bond donors (Lipinski definition) is 2. The first-order valence-electron chi connectivity index (χ1n) is 6.49. The van der Waals surface area contributed by atoms with E-state index < -0.39 is 6.10 Å². The summed E-state index contributed by atoms with van der Waals surface area (Å²) in [5.74, 6) is 1.30. The van der Waals surface area contributed by atoms with Crippen LogP contribution in [0, 0.1) is 0 Å². The van der Waals surface area contributed by atoms with Gasteiger partial charge in [0.1, 0.15) is 11.5 Å². The Morgan fingerprint density at radius 2 is 1.86 bits per heavy atom. The lowest BCUT2D eigenvalue weighted by Crippen LogP contribution is -2.07. The molecule has 4 nitrogen and oxygen atoms in total. The van der Waals surface area contributed by atoms with Gasteiger partial charge >= 0.3 is 0 Å². The molecule has 0 heterocycles. The summed E-state index contributed by atoms with van der Waals surface area (Å²) in [6, 6.07) is 11.1. The minimum Gasteiger partial charge on any atom is -0.496 e. The van der Waals surface area contributed by atoms with Crippen LogP contribution in [0.4, 0.5) is 5.69 Å². The van der Waals surface area contributed by atoms with Crippen LogP contribution in [-0.2, 0) is 6.42 Å². The van der Waals surface area contributed by atoms with Gasteiger partial charge in [-0.05, 0) is 29.8 Å². The summed E-state index contributed by atoms with van der Waals surface area (Å²) in [5.41, 5.74) is 8.04. The SMILES string of the molecule is COc1ccc(Br)cc1CC(O)c1cccc(OC)c1N. The summed E-state index contributed by atoms with van der Waals surface area (Å²) in [6.07, 6.45) is -0.330. The van der Waals surface area contributed by atoms with Gasteiger partial charge in [-0.25, -0.2) is 0 Å². The van der Waals surface area contributed by atoms with Gasteiger partial charge in [-0.1, -0.05) is 28.1 Å². The Hall–Kier alpha value is -1.72. The van der Waals surface area contributed by atoms with Gasteiger partial charge in [0, 0.05) is 16.5 Å². The molecule has 5 heteroatoms. The fourth-order valence-electron chi connectivity index (χ4n) is 2.25. The van der Waals surface area contributed by atoms with E-state index in [1.165, 1.54) is 0 Å². The van der Waals surface area contributed by atoms with Gasteiger partial charge in [0.05, 0.1) is 26.0 Å². The summed E-state index contributed by atoms with van der Waals surface area (Å²) in [4.78, 5) is 0. The number of ether oxygens (including phenoxy) is 2. The normalized spacial score (nSPS) is 12.0. The summed E-state index contributed by atoms with van der Waals surface area (Å²) < 4.78 is 11.4. The molecule has 0 aliphatic heterocycles. The molecule has 0 fully saturated rings. The molecule has 0 saturated heterocycles. The summed E-state index contributed by atoms with van der Waals surface area (Å²) in [6.45, 7) is 0. The second-order valence-electron chi connectivity index (χ2n) is 4.64. The number of benzene rings is 2. The third-order valence-electron chi connectivity index (χ3n) is 3.33. The Bertz CT molecular complexity index is 631. The first-order chi connectivity index (χ1) is 10.1. The molecule has 2 rings (SSSR count). The molecular formula is C16H18BrNO3. The number of hydrogen-bond acceptors (Lipinski definition) is 4. The molecule has 112 valence electrons. The molecule has 21 heavy (non-hydrogen) atoms. The monoisotopic (exact) mass is 351 g/mol. The Morgan fingerprint density at radius 1 is 1.14 bits per heavy atom. The lowest BCUT2D eigenvalue weighted by atomic mass is 9.99. The minimum atomic E-state index is -0.733. The Morgan fingerprint density at radius 3 is 2.52 bits per heavy atom. The van der Waals surface area contributed by atoms with Crippen molar-refractivity contribution in [2.24, 2.45) is 0 Å². The van der Waals surface area contributed by atoms with Gasteiger partial charge in [-0.2, -0.15) is 0 Å². The quantitative estimate of drug-likeness (QED) is 0.811. The largest absolute Gasteiger partial charge is 0.496 e. The number of anilines is 1. The Kier molecular flexibility index (Phi) is 5.09. The van der Waals surface area contributed by atoms with Crippen molar-refractivity contribution >= 4 is 21.6 Å². The van der Waals surface area contributed by atoms with E-state index >= 15 is 0 Å². The highest BCUT2D eigenvalue weighted by Gasteiger charge is 2.16. The smallest absolute Gasteiger partial charge is 0.142 e. The number of nitrogens with two attached hydrogens (primary N) is 1. The van der Waals surface area contributed by atoms with E-state index in [4.69, 9.17) is 15.2 Å². The number of rotatable bonds is 5. The molecular weight excluding hydrogens is 334 g/mol. The number of methoxy groups -OCH3 is 2. The lowest BCUT2D eigenvalue weighted by Gasteiger charge is -2.17. The molecule has 0 spiro atoms. The van der Waals surface area contributed by atoms with Crippen LogP contribution < -0.4 is 15.2 Å². The van der Waals surface area contributed by atoms with Gasteiger partial charge in [0.2, 0.25) is 0 Å². The van der Waals surface area contributed by atoms with E-state index in [2.05, 4.69) is 15.9 Å². The Labute approximate surface area is 132 Å². The van der Waals surface area contributed by atoms with Crippen molar-refractivity contribution in [3.63, 3.8) is 0 Å². The molecule has 2 aromatic carbocycles. The van der Waals surface area contributed by atoms with E-state index in [0.717, 1.165) is 15.8 Å². The fourth-order valence-corrected chi connectivity index (χ4v) is 2.66. The van der Waals surface area contributed by atoms with E-state index in [9.17, 15) is 5.11 Å². The minimum absolute atomic E-state index is 0.403. The topological polar surface area (TPSA) is 64.7 Å². The molecule has 2 aromatic rings. The Balaban J connectivity index is 2.30. The van der Waals surface area contributed by atoms with Crippen LogP contribution in [0.5, 0.6) is 11.5 Å². The number of nitrogen functional groups attached to an aromatic ring is 1. The molecule has 3 N–H and O–H groups in total. The van der Waals surface area contributed by atoms with Crippen LogP contribution in [0.15, 0.2) is 40.9 Å². The van der Waals surface area contributed by atoms with Crippen molar-refractivity contribution in [2.45, 2.75) is 12.5 Å². The van der Waals surface area contributed by atoms with Gasteiger partial charge in [-0.3, -0.25) is 0 Å². The van der Waals surface area contributed by atoms with Gasteiger partial charge in [0.15, 0.2) is 0 Å². The standard InChI is InChI=1S/C16H18BrNO3/c1-20-14-7-6-11(17)8-10(14)9-13(19)12-4-3-5-15(21-2)16(12)18/h3-8,13,19H,9,18H2,1-2H3.